The van der Waals surface area contributed by atoms with Crippen molar-refractivity contribution in [1.82, 2.24) is 4.90 Å². The molecule has 0 aromatic heterocycles. The molecule has 0 aromatic carbocycles. The molecule has 1 aliphatic heterocycles. The lowest BCUT2D eigenvalue weighted by Gasteiger charge is -2.27. The van der Waals surface area contributed by atoms with Crippen LogP contribution in [0, 0.1) is 11.8 Å². The minimum absolute atomic E-state index is 0.873. The number of hydrogen-bond donors (Lipinski definition) is 0. The first-order valence-corrected chi connectivity index (χ1v) is 5.11. The zero-order chi connectivity index (χ0) is 8.55. The largest absolute Gasteiger partial charge is 0.379 e. The fourth-order valence-corrected chi connectivity index (χ4v) is 2.25. The Morgan fingerprint density at radius 3 is 2.42 bits per heavy atom. The van der Waals surface area contributed by atoms with Crippen molar-refractivity contribution in [2.45, 2.75) is 26.3 Å². The van der Waals surface area contributed by atoms with E-state index in [9.17, 15) is 0 Å². The van der Waals surface area contributed by atoms with Crippen LogP contribution in [0.2, 0.25) is 0 Å². The highest BCUT2D eigenvalue weighted by molar-refractivity contribution is 4.96. The Kier molecular flexibility index (Phi) is 2.37. The Morgan fingerprint density at radius 2 is 1.92 bits per heavy atom. The molecule has 2 atom stereocenters. The number of rotatable bonds is 2. The third-order valence-electron chi connectivity index (χ3n) is 3.18. The number of ether oxygens (including phenoxy) is 1. The second kappa shape index (κ2) is 3.35. The van der Waals surface area contributed by atoms with Crippen LogP contribution >= 0.6 is 0 Å². The van der Waals surface area contributed by atoms with E-state index in [1.165, 1.54) is 6.42 Å². The van der Waals surface area contributed by atoms with Crippen LogP contribution in [0.3, 0.4) is 0 Å². The van der Waals surface area contributed by atoms with E-state index in [-0.39, 0.29) is 0 Å². The molecule has 70 valence electrons. The van der Waals surface area contributed by atoms with Crippen molar-refractivity contribution in [2.75, 3.05) is 26.3 Å². The molecule has 2 rings (SSSR count). The van der Waals surface area contributed by atoms with Crippen LogP contribution in [0.15, 0.2) is 0 Å². The van der Waals surface area contributed by atoms with Crippen molar-refractivity contribution in [2.24, 2.45) is 11.8 Å². The van der Waals surface area contributed by atoms with Gasteiger partial charge in [0.05, 0.1) is 13.2 Å². The molecule has 0 amide bonds. The van der Waals surface area contributed by atoms with Gasteiger partial charge in [0, 0.05) is 19.1 Å². The first kappa shape index (κ1) is 8.52. The molecule has 12 heavy (non-hydrogen) atoms. The van der Waals surface area contributed by atoms with Crippen molar-refractivity contribution >= 4 is 0 Å². The van der Waals surface area contributed by atoms with Crippen LogP contribution in [0.4, 0.5) is 0 Å². The lowest BCUT2D eigenvalue weighted by Crippen LogP contribution is -2.38. The number of hydrogen-bond acceptors (Lipinski definition) is 2. The Labute approximate surface area is 74.9 Å². The molecular formula is C10H19NO. The molecule has 0 bridgehead atoms. The monoisotopic (exact) mass is 169 g/mol. The highest BCUT2D eigenvalue weighted by atomic mass is 16.5. The number of morpholine rings is 1. The van der Waals surface area contributed by atoms with Gasteiger partial charge in [-0.25, -0.2) is 0 Å². The molecule has 0 aromatic rings. The predicted molar refractivity (Wildman–Crippen MR) is 49.1 cm³/mol. The van der Waals surface area contributed by atoms with Crippen LogP contribution in [0.5, 0.6) is 0 Å². The fourth-order valence-electron chi connectivity index (χ4n) is 2.25. The summed E-state index contributed by atoms with van der Waals surface area (Å²) in [6, 6.07) is 0.897. The first-order chi connectivity index (χ1) is 5.79. The van der Waals surface area contributed by atoms with Gasteiger partial charge in [0.25, 0.3) is 0 Å². The molecule has 0 radical (unpaired) electrons. The van der Waals surface area contributed by atoms with E-state index in [0.717, 1.165) is 44.2 Å². The van der Waals surface area contributed by atoms with Gasteiger partial charge in [-0.2, -0.15) is 0 Å². The van der Waals surface area contributed by atoms with Crippen molar-refractivity contribution < 1.29 is 4.74 Å². The molecule has 1 aliphatic carbocycles. The molecule has 0 N–H and O–H groups in total. The maximum absolute atomic E-state index is 5.33. The van der Waals surface area contributed by atoms with Crippen molar-refractivity contribution in [3.63, 3.8) is 0 Å². The Bertz CT molecular complexity index is 152. The summed E-state index contributed by atoms with van der Waals surface area (Å²) in [5, 5.41) is 0. The van der Waals surface area contributed by atoms with Crippen molar-refractivity contribution in [1.29, 1.82) is 0 Å². The van der Waals surface area contributed by atoms with Gasteiger partial charge in [-0.05, 0) is 18.3 Å². The third-order valence-corrected chi connectivity index (χ3v) is 3.18. The van der Waals surface area contributed by atoms with Gasteiger partial charge in [-0.15, -0.1) is 0 Å². The van der Waals surface area contributed by atoms with Crippen LogP contribution in [-0.4, -0.2) is 37.2 Å². The molecular weight excluding hydrogens is 150 g/mol. The summed E-state index contributed by atoms with van der Waals surface area (Å²) >= 11 is 0. The first-order valence-electron chi connectivity index (χ1n) is 5.11. The summed E-state index contributed by atoms with van der Waals surface area (Å²) in [5.41, 5.74) is 0. The molecule has 1 heterocycles. The molecule has 1 saturated carbocycles. The van der Waals surface area contributed by atoms with E-state index < -0.39 is 0 Å². The van der Waals surface area contributed by atoms with E-state index in [1.54, 1.807) is 0 Å². The summed E-state index contributed by atoms with van der Waals surface area (Å²) in [4.78, 5) is 2.61. The summed E-state index contributed by atoms with van der Waals surface area (Å²) in [5.74, 6) is 1.85. The standard InChI is InChI=1S/C10H19NO/c1-8(2)9-7-10(9)11-3-5-12-6-4-11/h8-10H,3-7H2,1-2H3. The zero-order valence-corrected chi connectivity index (χ0v) is 8.12. The van der Waals surface area contributed by atoms with Gasteiger partial charge >= 0.3 is 0 Å². The Balaban J connectivity index is 1.79. The van der Waals surface area contributed by atoms with E-state index in [4.69, 9.17) is 4.74 Å². The van der Waals surface area contributed by atoms with Gasteiger partial charge in [0.1, 0.15) is 0 Å². The minimum Gasteiger partial charge on any atom is -0.379 e. The van der Waals surface area contributed by atoms with Gasteiger partial charge in [0.2, 0.25) is 0 Å². The second-order valence-electron chi connectivity index (χ2n) is 4.36. The maximum atomic E-state index is 5.33. The lowest BCUT2D eigenvalue weighted by molar-refractivity contribution is 0.0305. The molecule has 2 nitrogen and oxygen atoms in total. The average molecular weight is 169 g/mol. The zero-order valence-electron chi connectivity index (χ0n) is 8.12. The second-order valence-corrected chi connectivity index (χ2v) is 4.36. The van der Waals surface area contributed by atoms with E-state index in [1.807, 2.05) is 0 Å². The summed E-state index contributed by atoms with van der Waals surface area (Å²) < 4.78 is 5.33. The highest BCUT2D eigenvalue weighted by Gasteiger charge is 2.43. The molecule has 2 fully saturated rings. The lowest BCUT2D eigenvalue weighted by atomic mass is 10.1. The topological polar surface area (TPSA) is 12.5 Å². The summed E-state index contributed by atoms with van der Waals surface area (Å²) in [6.07, 6.45) is 1.43. The van der Waals surface area contributed by atoms with Gasteiger partial charge in [-0.1, -0.05) is 13.8 Å². The predicted octanol–water partition coefficient (Wildman–Crippen LogP) is 1.36. The summed E-state index contributed by atoms with van der Waals surface area (Å²) in [7, 11) is 0. The fraction of sp³-hybridized carbons (Fsp3) is 1.00. The highest BCUT2D eigenvalue weighted by Crippen LogP contribution is 2.41. The molecule has 2 aliphatic rings. The van der Waals surface area contributed by atoms with Gasteiger partial charge in [0.15, 0.2) is 0 Å². The van der Waals surface area contributed by atoms with Gasteiger partial charge < -0.3 is 4.74 Å². The quantitative estimate of drug-likeness (QED) is 0.619. The van der Waals surface area contributed by atoms with Crippen molar-refractivity contribution in [3.05, 3.63) is 0 Å². The number of nitrogens with zero attached hydrogens (tertiary/aromatic N) is 1. The SMILES string of the molecule is CC(C)C1CC1N1CCOCC1. The average Bonchev–Trinajstić information content (AvgIpc) is 2.84. The van der Waals surface area contributed by atoms with Crippen LogP contribution in [-0.2, 0) is 4.74 Å². The maximum Gasteiger partial charge on any atom is 0.0594 e. The molecule has 1 saturated heterocycles. The third kappa shape index (κ3) is 1.64. The Hall–Kier alpha value is -0.0800. The molecule has 0 spiro atoms. The van der Waals surface area contributed by atoms with Gasteiger partial charge in [-0.3, -0.25) is 4.90 Å². The normalized spacial score (nSPS) is 37.2. The van der Waals surface area contributed by atoms with Crippen LogP contribution in [0.1, 0.15) is 20.3 Å². The van der Waals surface area contributed by atoms with Crippen LogP contribution < -0.4 is 0 Å². The van der Waals surface area contributed by atoms with Crippen molar-refractivity contribution in [3.8, 4) is 0 Å². The molecule has 2 heteroatoms. The molecule has 2 unspecified atom stereocenters. The van der Waals surface area contributed by atoms with E-state index in [0.29, 0.717) is 0 Å². The van der Waals surface area contributed by atoms with E-state index in [2.05, 4.69) is 18.7 Å². The van der Waals surface area contributed by atoms with E-state index >= 15 is 0 Å². The van der Waals surface area contributed by atoms with Crippen LogP contribution in [0.25, 0.3) is 0 Å². The summed E-state index contributed by atoms with van der Waals surface area (Å²) in [6.45, 7) is 8.89. The Morgan fingerprint density at radius 1 is 1.25 bits per heavy atom. The smallest absolute Gasteiger partial charge is 0.0594 e. The minimum atomic E-state index is 0.873.